The number of aryl methyl sites for hydroxylation is 1. The van der Waals surface area contributed by atoms with Crippen molar-refractivity contribution in [2.45, 2.75) is 52.0 Å². The largest absolute Gasteiger partial charge is 0.497 e. The highest BCUT2D eigenvalue weighted by Crippen LogP contribution is 2.36. The van der Waals surface area contributed by atoms with Gasteiger partial charge in [0.2, 0.25) is 0 Å². The smallest absolute Gasteiger partial charge is 0.417 e. The molecule has 8 rings (SSSR count). The van der Waals surface area contributed by atoms with Gasteiger partial charge in [-0.2, -0.15) is 18.3 Å². The zero-order chi connectivity index (χ0) is 39.3. The summed E-state index contributed by atoms with van der Waals surface area (Å²) in [5.41, 5.74) is 4.52. The van der Waals surface area contributed by atoms with Crippen LogP contribution in [-0.4, -0.2) is 52.9 Å². The highest BCUT2D eigenvalue weighted by Gasteiger charge is 2.36. The van der Waals surface area contributed by atoms with Crippen LogP contribution < -0.4 is 10.3 Å². The van der Waals surface area contributed by atoms with Crippen molar-refractivity contribution >= 4 is 27.5 Å². The number of amides is 1. The molecule has 0 radical (unpaired) electrons. The van der Waals surface area contributed by atoms with E-state index in [0.29, 0.717) is 41.4 Å². The lowest BCUT2D eigenvalue weighted by Gasteiger charge is -2.35. The molecule has 4 aromatic carbocycles. The molecule has 1 aliphatic rings. The number of benzene rings is 4. The number of nitrogens with zero attached hydrogens (tertiary/aromatic N) is 7. The van der Waals surface area contributed by atoms with E-state index in [-0.39, 0.29) is 28.6 Å². The van der Waals surface area contributed by atoms with Crippen LogP contribution in [0.4, 0.5) is 13.2 Å². The second kappa shape index (κ2) is 14.6. The molecule has 0 aliphatic carbocycles. The fourth-order valence-electron chi connectivity index (χ4n) is 7.33. The second-order valence-corrected chi connectivity index (χ2v) is 14.7. The third-order valence-corrected chi connectivity index (χ3v) is 11.0. The average molecular weight is 823 g/mol. The molecule has 7 aromatic rings. The Morgan fingerprint density at radius 3 is 2.38 bits per heavy atom. The predicted octanol–water partition coefficient (Wildman–Crippen LogP) is 8.07. The van der Waals surface area contributed by atoms with E-state index in [1.54, 1.807) is 29.3 Å². The maximum absolute atomic E-state index is 14.7. The summed E-state index contributed by atoms with van der Waals surface area (Å²) in [7, 11) is 1.63. The van der Waals surface area contributed by atoms with Gasteiger partial charge in [-0.3, -0.25) is 14.2 Å². The Hall–Kier alpha value is -6.02. The molecule has 0 saturated carbocycles. The Morgan fingerprint density at radius 2 is 1.68 bits per heavy atom. The van der Waals surface area contributed by atoms with Crippen LogP contribution in [0.1, 0.15) is 56.6 Å². The van der Waals surface area contributed by atoms with Gasteiger partial charge in [-0.15, -0.1) is 10.2 Å². The van der Waals surface area contributed by atoms with Gasteiger partial charge in [0, 0.05) is 39.2 Å². The van der Waals surface area contributed by atoms with Gasteiger partial charge in [0.25, 0.3) is 11.5 Å². The van der Waals surface area contributed by atoms with Crippen LogP contribution in [0.5, 0.6) is 5.75 Å². The van der Waals surface area contributed by atoms with Gasteiger partial charge < -0.3 is 14.2 Å². The first-order valence-corrected chi connectivity index (χ1v) is 18.7. The van der Waals surface area contributed by atoms with Crippen molar-refractivity contribution < 1.29 is 22.7 Å². The molecule has 1 amide bonds. The zero-order valence-corrected chi connectivity index (χ0v) is 32.2. The molecular formula is C42H35BrF3N7O3. The molecule has 4 heterocycles. The molecule has 0 fully saturated rings. The number of halogens is 4. The number of alkyl halides is 3. The number of ether oxygens (including phenoxy) is 1. The highest BCUT2D eigenvalue weighted by atomic mass is 79.9. The van der Waals surface area contributed by atoms with E-state index in [2.05, 4.69) is 26.1 Å². The highest BCUT2D eigenvalue weighted by molar-refractivity contribution is 9.10. The minimum absolute atomic E-state index is 0.0199. The third-order valence-electron chi connectivity index (χ3n) is 10.3. The van der Waals surface area contributed by atoms with Crippen LogP contribution in [0, 0.1) is 6.92 Å². The average Bonchev–Trinajstić information content (AvgIpc) is 3.77. The molecule has 3 aromatic heterocycles. The number of hydrogen-bond acceptors (Lipinski definition) is 6. The van der Waals surface area contributed by atoms with Gasteiger partial charge in [0.05, 0.1) is 43.3 Å². The summed E-state index contributed by atoms with van der Waals surface area (Å²) in [6, 6.07) is 28.2. The Labute approximate surface area is 327 Å². The molecule has 1 atom stereocenters. The van der Waals surface area contributed by atoms with Crippen molar-refractivity contribution in [3.05, 3.63) is 163 Å². The molecular weight excluding hydrogens is 787 g/mol. The molecule has 56 heavy (non-hydrogen) atoms. The fourth-order valence-corrected chi connectivity index (χ4v) is 7.81. The fraction of sp³-hybridized carbons (Fsp3) is 0.214. The van der Waals surface area contributed by atoms with Crippen LogP contribution in [0.2, 0.25) is 0 Å². The molecule has 1 aliphatic heterocycles. The summed E-state index contributed by atoms with van der Waals surface area (Å²) in [6.07, 6.45) is -2.26. The van der Waals surface area contributed by atoms with Crippen LogP contribution in [0.25, 0.3) is 22.7 Å². The van der Waals surface area contributed by atoms with E-state index in [9.17, 15) is 22.8 Å². The normalized spacial score (nSPS) is 14.3. The van der Waals surface area contributed by atoms with Crippen molar-refractivity contribution in [3.8, 4) is 22.8 Å². The van der Waals surface area contributed by atoms with E-state index in [4.69, 9.17) is 9.84 Å². The van der Waals surface area contributed by atoms with Crippen molar-refractivity contribution in [3.63, 3.8) is 0 Å². The van der Waals surface area contributed by atoms with E-state index in [1.807, 2.05) is 90.4 Å². The number of fused-ring (bicyclic) bond motifs is 3. The van der Waals surface area contributed by atoms with Crippen LogP contribution in [0.15, 0.2) is 113 Å². The van der Waals surface area contributed by atoms with Crippen LogP contribution >= 0.6 is 15.9 Å². The SMILES string of the molecule is COc1ccc(Cn2c(C)nnc2-c2ccc(-n3c(=O)c4c(n5ncc(Cc6ccccc6)c35)CN(C(=O)c3ccc(Br)c(C(F)(F)F)c3)C(C)C4)cc2)cc1. The molecule has 0 N–H and O–H groups in total. The number of carbonyl (C=O) groups excluding carboxylic acids is 1. The standard InChI is InChI=1S/C42H35BrF3N7O3/c1-25-19-34-37(24-50(25)40(54)30-13-18-36(43)35(21-30)42(44,45)46)53-39(31(22-47-53)20-27-7-5-4-6-8-27)52(41(34)55)32-14-11-29(12-15-32)38-49-48-26(2)51(38)23-28-9-16-33(56-3)17-10-28/h4-18,21-22,25H,19-20,23-24H2,1-3H3. The number of hydrogen-bond donors (Lipinski definition) is 0. The summed E-state index contributed by atoms with van der Waals surface area (Å²) in [6.45, 7) is 4.22. The number of aromatic nitrogens is 6. The third kappa shape index (κ3) is 6.78. The Bertz CT molecular complexity index is 2650. The molecule has 14 heteroatoms. The Morgan fingerprint density at radius 1 is 0.946 bits per heavy atom. The van der Waals surface area contributed by atoms with E-state index >= 15 is 0 Å². The number of methoxy groups -OCH3 is 1. The first-order chi connectivity index (χ1) is 26.9. The van der Waals surface area contributed by atoms with E-state index in [0.717, 1.165) is 39.9 Å². The maximum atomic E-state index is 14.7. The van der Waals surface area contributed by atoms with Gasteiger partial charge in [0.1, 0.15) is 17.2 Å². The first kappa shape index (κ1) is 36.9. The lowest BCUT2D eigenvalue weighted by Crippen LogP contribution is -2.46. The topological polar surface area (TPSA) is 99.5 Å². The molecule has 0 spiro atoms. The minimum atomic E-state index is -4.65. The van der Waals surface area contributed by atoms with Crippen molar-refractivity contribution in [1.82, 2.24) is 33.8 Å². The first-order valence-electron chi connectivity index (χ1n) is 17.9. The minimum Gasteiger partial charge on any atom is -0.497 e. The van der Waals surface area contributed by atoms with Gasteiger partial charge in [-0.05, 0) is 86.0 Å². The quantitative estimate of drug-likeness (QED) is 0.154. The maximum Gasteiger partial charge on any atom is 0.417 e. The van der Waals surface area contributed by atoms with Gasteiger partial charge in [-0.25, -0.2) is 4.52 Å². The summed E-state index contributed by atoms with van der Waals surface area (Å²) < 4.78 is 51.9. The van der Waals surface area contributed by atoms with Gasteiger partial charge >= 0.3 is 6.18 Å². The summed E-state index contributed by atoms with van der Waals surface area (Å²) in [5, 5.41) is 13.6. The Kier molecular flexibility index (Phi) is 9.61. The molecule has 10 nitrogen and oxygen atoms in total. The van der Waals surface area contributed by atoms with Crippen molar-refractivity contribution in [2.75, 3.05) is 7.11 Å². The monoisotopic (exact) mass is 821 g/mol. The number of carbonyl (C=O) groups is 1. The van der Waals surface area contributed by atoms with E-state index < -0.39 is 23.7 Å². The lowest BCUT2D eigenvalue weighted by molar-refractivity contribution is -0.138. The van der Waals surface area contributed by atoms with Crippen molar-refractivity contribution in [1.29, 1.82) is 0 Å². The van der Waals surface area contributed by atoms with E-state index in [1.165, 1.54) is 17.0 Å². The molecule has 284 valence electrons. The lowest BCUT2D eigenvalue weighted by atomic mass is 9.97. The Balaban J connectivity index is 1.20. The molecule has 1 unspecified atom stereocenters. The van der Waals surface area contributed by atoms with Gasteiger partial charge in [0.15, 0.2) is 5.82 Å². The summed E-state index contributed by atoms with van der Waals surface area (Å²) >= 11 is 2.96. The zero-order valence-electron chi connectivity index (χ0n) is 30.6. The summed E-state index contributed by atoms with van der Waals surface area (Å²) in [5.74, 6) is 1.62. The predicted molar refractivity (Wildman–Crippen MR) is 208 cm³/mol. The van der Waals surface area contributed by atoms with Crippen LogP contribution in [0.3, 0.4) is 0 Å². The number of rotatable bonds is 8. The van der Waals surface area contributed by atoms with Gasteiger partial charge in [-0.1, -0.05) is 58.4 Å². The second-order valence-electron chi connectivity index (χ2n) is 13.9. The van der Waals surface area contributed by atoms with Crippen molar-refractivity contribution in [2.24, 2.45) is 0 Å². The molecule has 0 saturated heterocycles. The molecule has 0 bridgehead atoms. The van der Waals surface area contributed by atoms with Crippen LogP contribution in [-0.2, 0) is 32.1 Å². The summed E-state index contributed by atoms with van der Waals surface area (Å²) in [4.78, 5) is 30.1.